The number of hydrogen-bond donors (Lipinski definition) is 0. The average Bonchev–Trinajstić information content (AvgIpc) is 3.02. The van der Waals surface area contributed by atoms with Crippen LogP contribution in [0.3, 0.4) is 0 Å². The van der Waals surface area contributed by atoms with Crippen LogP contribution in [0.5, 0.6) is 5.75 Å². The van der Waals surface area contributed by atoms with E-state index in [1.54, 1.807) is 18.5 Å². The molecule has 1 aliphatic heterocycles. The summed E-state index contributed by atoms with van der Waals surface area (Å²) in [5.74, 6) is 0.642. The lowest BCUT2D eigenvalue weighted by atomic mass is 9.99. The fourth-order valence-electron chi connectivity index (χ4n) is 2.72. The van der Waals surface area contributed by atoms with Crippen molar-refractivity contribution in [3.8, 4) is 5.75 Å². The number of ketones is 1. The molecule has 2 aromatic carbocycles. The number of benzene rings is 2. The number of ether oxygens (including phenoxy) is 1. The van der Waals surface area contributed by atoms with Crippen LogP contribution in [0.2, 0.25) is 0 Å². The highest BCUT2D eigenvalue weighted by atomic mass is 16.5. The summed E-state index contributed by atoms with van der Waals surface area (Å²) < 4.78 is 5.63. The lowest BCUT2D eigenvalue weighted by Crippen LogP contribution is -2.05. The van der Waals surface area contributed by atoms with E-state index in [0.717, 1.165) is 17.5 Å². The number of nitrogens with zero attached hydrogens (tertiary/aromatic N) is 2. The predicted octanol–water partition coefficient (Wildman–Crippen LogP) is 2.80. The van der Waals surface area contributed by atoms with Crippen LogP contribution in [0.4, 0.5) is 0 Å². The van der Waals surface area contributed by atoms with Crippen molar-refractivity contribution < 1.29 is 9.53 Å². The summed E-state index contributed by atoms with van der Waals surface area (Å²) in [5, 5.41) is 0. The van der Waals surface area contributed by atoms with Gasteiger partial charge in [0.2, 0.25) is 0 Å². The van der Waals surface area contributed by atoms with E-state index in [4.69, 9.17) is 4.74 Å². The van der Waals surface area contributed by atoms with Gasteiger partial charge in [-0.3, -0.25) is 14.8 Å². The Hall–Kier alpha value is -2.75. The number of carbonyl (C=O) groups is 1. The Bertz CT molecular complexity index is 853. The molecule has 0 radical (unpaired) electrons. The lowest BCUT2D eigenvalue weighted by Gasteiger charge is -2.08. The summed E-state index contributed by atoms with van der Waals surface area (Å²) in [6, 6.07) is 11.2. The fourth-order valence-corrected chi connectivity index (χ4v) is 2.72. The van der Waals surface area contributed by atoms with Crippen LogP contribution in [0.25, 0.3) is 11.0 Å². The molecule has 4 rings (SSSR count). The Balaban J connectivity index is 1.90. The molecule has 0 saturated heterocycles. The van der Waals surface area contributed by atoms with Crippen molar-refractivity contribution >= 4 is 16.8 Å². The molecule has 21 heavy (non-hydrogen) atoms. The van der Waals surface area contributed by atoms with Gasteiger partial charge in [0.1, 0.15) is 5.75 Å². The molecular weight excluding hydrogens is 264 g/mol. The number of rotatable bonds is 2. The summed E-state index contributed by atoms with van der Waals surface area (Å²) in [5.41, 5.74) is 3.59. The van der Waals surface area contributed by atoms with Gasteiger partial charge >= 0.3 is 0 Å². The van der Waals surface area contributed by atoms with Crippen molar-refractivity contribution in [2.45, 2.75) is 6.42 Å². The van der Waals surface area contributed by atoms with Gasteiger partial charge in [0.15, 0.2) is 5.78 Å². The molecular formula is C17H12N2O2. The van der Waals surface area contributed by atoms with Crippen molar-refractivity contribution in [1.82, 2.24) is 9.97 Å². The summed E-state index contributed by atoms with van der Waals surface area (Å²) in [6.07, 6.45) is 4.08. The van der Waals surface area contributed by atoms with Gasteiger partial charge in [-0.2, -0.15) is 0 Å². The Morgan fingerprint density at radius 3 is 2.76 bits per heavy atom. The first-order valence-corrected chi connectivity index (χ1v) is 6.84. The third-order valence-electron chi connectivity index (χ3n) is 3.70. The molecule has 4 heteroatoms. The number of aromatic nitrogens is 2. The van der Waals surface area contributed by atoms with Gasteiger partial charge in [0, 0.05) is 18.8 Å². The zero-order chi connectivity index (χ0) is 14.2. The minimum Gasteiger partial charge on any atom is -0.492 e. The van der Waals surface area contributed by atoms with E-state index >= 15 is 0 Å². The molecule has 2 heterocycles. The molecule has 0 amide bonds. The molecule has 0 unspecified atom stereocenters. The van der Waals surface area contributed by atoms with Crippen LogP contribution in [-0.2, 0) is 6.42 Å². The zero-order valence-corrected chi connectivity index (χ0v) is 11.2. The second-order valence-electron chi connectivity index (χ2n) is 4.95. The second kappa shape index (κ2) is 4.66. The maximum atomic E-state index is 12.9. The van der Waals surface area contributed by atoms with Crippen molar-refractivity contribution in [2.24, 2.45) is 0 Å². The quantitative estimate of drug-likeness (QED) is 0.675. The van der Waals surface area contributed by atoms with Crippen molar-refractivity contribution in [1.29, 1.82) is 0 Å². The molecule has 0 bridgehead atoms. The van der Waals surface area contributed by atoms with Gasteiger partial charge in [-0.05, 0) is 23.8 Å². The van der Waals surface area contributed by atoms with Crippen LogP contribution >= 0.6 is 0 Å². The van der Waals surface area contributed by atoms with E-state index in [1.165, 1.54) is 0 Å². The van der Waals surface area contributed by atoms with E-state index < -0.39 is 0 Å². The molecule has 1 aliphatic rings. The summed E-state index contributed by atoms with van der Waals surface area (Å²) in [6.45, 7) is 0.634. The van der Waals surface area contributed by atoms with E-state index in [0.29, 0.717) is 29.0 Å². The normalized spacial score (nSPS) is 13.0. The molecule has 0 atom stereocenters. The number of fused-ring (bicyclic) bond motifs is 2. The first kappa shape index (κ1) is 12.0. The van der Waals surface area contributed by atoms with Gasteiger partial charge in [0.25, 0.3) is 0 Å². The Morgan fingerprint density at radius 1 is 1.00 bits per heavy atom. The Morgan fingerprint density at radius 2 is 1.81 bits per heavy atom. The first-order chi connectivity index (χ1) is 10.3. The fraction of sp³-hybridized carbons (Fsp3) is 0.118. The standard InChI is InChI=1S/C17H12N2O2/c20-16(13-5-1-3-11-7-10-21-17(11)13)12-4-2-6-14-15(12)19-9-8-18-14/h1-6,8-9H,7,10H2. The minimum absolute atomic E-state index is 0.0696. The molecule has 0 saturated carbocycles. The summed E-state index contributed by atoms with van der Waals surface area (Å²) in [7, 11) is 0. The number of carbonyl (C=O) groups excluding carboxylic acids is 1. The molecule has 1 aromatic heterocycles. The highest BCUT2D eigenvalue weighted by Gasteiger charge is 2.22. The molecule has 0 aliphatic carbocycles. The number of hydrogen-bond acceptors (Lipinski definition) is 4. The monoisotopic (exact) mass is 276 g/mol. The van der Waals surface area contributed by atoms with Gasteiger partial charge in [0.05, 0.1) is 28.8 Å². The van der Waals surface area contributed by atoms with E-state index in [2.05, 4.69) is 9.97 Å². The van der Waals surface area contributed by atoms with Crippen LogP contribution in [0, 0.1) is 0 Å². The van der Waals surface area contributed by atoms with Crippen molar-refractivity contribution in [3.63, 3.8) is 0 Å². The highest BCUT2D eigenvalue weighted by Crippen LogP contribution is 2.31. The van der Waals surface area contributed by atoms with Gasteiger partial charge in [-0.15, -0.1) is 0 Å². The summed E-state index contributed by atoms with van der Waals surface area (Å²) in [4.78, 5) is 21.4. The SMILES string of the molecule is O=C(c1cccc2c1OCC2)c1cccc2nccnc12. The van der Waals surface area contributed by atoms with Gasteiger partial charge in [-0.1, -0.05) is 18.2 Å². The average molecular weight is 276 g/mol. The van der Waals surface area contributed by atoms with Crippen LogP contribution in [-0.4, -0.2) is 22.4 Å². The van der Waals surface area contributed by atoms with Crippen molar-refractivity contribution in [2.75, 3.05) is 6.61 Å². The topological polar surface area (TPSA) is 52.1 Å². The van der Waals surface area contributed by atoms with Gasteiger partial charge in [-0.25, -0.2) is 0 Å². The van der Waals surface area contributed by atoms with Crippen LogP contribution < -0.4 is 4.74 Å². The zero-order valence-electron chi connectivity index (χ0n) is 11.2. The van der Waals surface area contributed by atoms with E-state index in [-0.39, 0.29) is 5.78 Å². The maximum Gasteiger partial charge on any atom is 0.199 e. The van der Waals surface area contributed by atoms with Gasteiger partial charge < -0.3 is 4.74 Å². The maximum absolute atomic E-state index is 12.9. The van der Waals surface area contributed by atoms with Crippen molar-refractivity contribution in [3.05, 3.63) is 65.5 Å². The Kier molecular flexibility index (Phi) is 2.67. The number of para-hydroxylation sites is 2. The largest absolute Gasteiger partial charge is 0.492 e. The third kappa shape index (κ3) is 1.88. The highest BCUT2D eigenvalue weighted by molar-refractivity contribution is 6.16. The molecule has 0 fully saturated rings. The summed E-state index contributed by atoms with van der Waals surface area (Å²) >= 11 is 0. The second-order valence-corrected chi connectivity index (χ2v) is 4.95. The van der Waals surface area contributed by atoms with E-state index in [9.17, 15) is 4.79 Å². The predicted molar refractivity (Wildman–Crippen MR) is 78.6 cm³/mol. The van der Waals surface area contributed by atoms with E-state index in [1.807, 2.05) is 30.3 Å². The lowest BCUT2D eigenvalue weighted by molar-refractivity contribution is 0.103. The Labute approximate surface area is 121 Å². The molecule has 3 aromatic rings. The van der Waals surface area contributed by atoms with Crippen LogP contribution in [0.1, 0.15) is 21.5 Å². The third-order valence-corrected chi connectivity index (χ3v) is 3.70. The molecule has 0 N–H and O–H groups in total. The minimum atomic E-state index is -0.0696. The molecule has 102 valence electrons. The smallest absolute Gasteiger partial charge is 0.199 e. The van der Waals surface area contributed by atoms with Crippen LogP contribution in [0.15, 0.2) is 48.8 Å². The molecule has 4 nitrogen and oxygen atoms in total. The molecule has 0 spiro atoms. The first-order valence-electron chi connectivity index (χ1n) is 6.84.